The van der Waals surface area contributed by atoms with Crippen molar-refractivity contribution in [3.05, 3.63) is 78.4 Å². The molecule has 0 bridgehead atoms. The van der Waals surface area contributed by atoms with E-state index in [4.69, 9.17) is 32.0 Å². The molecule has 0 aliphatic carbocycles. The second-order valence-corrected chi connectivity index (χ2v) is 9.62. The van der Waals surface area contributed by atoms with E-state index in [1.165, 1.54) is 50.2 Å². The van der Waals surface area contributed by atoms with Crippen molar-refractivity contribution in [3.8, 4) is 11.5 Å². The lowest BCUT2D eigenvalue weighted by atomic mass is 10.1. The van der Waals surface area contributed by atoms with Crippen LogP contribution in [0.15, 0.2) is 65.0 Å². The molecule has 0 saturated heterocycles. The van der Waals surface area contributed by atoms with Crippen molar-refractivity contribution in [2.75, 3.05) is 0 Å². The molecule has 2 heterocycles. The molecule has 16 heteroatoms. The van der Waals surface area contributed by atoms with Crippen LogP contribution < -0.4 is 22.1 Å². The normalized spacial score (nSPS) is 13.7. The molecule has 0 saturated carbocycles. The predicted molar refractivity (Wildman–Crippen MR) is 151 cm³/mol. The number of aromatic hydroxyl groups is 2. The van der Waals surface area contributed by atoms with Crippen molar-refractivity contribution >= 4 is 68.4 Å². The maximum Gasteiger partial charge on any atom is 0.349 e. The standard InChI is InChI=1S/C26H20Cl2N4O10/c1-9(17-19(33)13-7-11(27)3-5-15(13)41-25(17)39)29-31-23(37)21(35)22(36)24(38)32-30-10(2)18-20(34)14-8-12(28)4-6-16(14)42-26(18)40/h3-8,21-22,33-36H,1-2H3,(H,31,37)(H,32,38)/b29-9+,30-10+. The van der Waals surface area contributed by atoms with E-state index in [2.05, 4.69) is 10.2 Å². The van der Waals surface area contributed by atoms with Crippen molar-refractivity contribution in [1.29, 1.82) is 0 Å². The number of rotatable bonds is 7. The number of carbonyl (C=O) groups is 2. The average Bonchev–Trinajstić information content (AvgIpc) is 2.94. The summed E-state index contributed by atoms with van der Waals surface area (Å²) in [6, 6.07) is 8.34. The van der Waals surface area contributed by atoms with Crippen molar-refractivity contribution in [3.63, 3.8) is 0 Å². The smallest absolute Gasteiger partial charge is 0.349 e. The lowest BCUT2D eigenvalue weighted by molar-refractivity contribution is -0.146. The van der Waals surface area contributed by atoms with Gasteiger partial charge in [0.2, 0.25) is 0 Å². The van der Waals surface area contributed by atoms with Crippen LogP contribution in [-0.2, 0) is 9.59 Å². The maximum absolute atomic E-state index is 12.4. The number of hydrogen-bond donors (Lipinski definition) is 6. The van der Waals surface area contributed by atoms with Crippen molar-refractivity contribution < 1.29 is 38.8 Å². The summed E-state index contributed by atoms with van der Waals surface area (Å²) in [5.41, 5.74) is 0.557. The van der Waals surface area contributed by atoms with Gasteiger partial charge in [-0.05, 0) is 50.2 Å². The van der Waals surface area contributed by atoms with Crippen LogP contribution in [0.25, 0.3) is 21.9 Å². The molecule has 6 N–H and O–H groups in total. The molecule has 2 aromatic heterocycles. The van der Waals surface area contributed by atoms with Gasteiger partial charge >= 0.3 is 11.3 Å². The second kappa shape index (κ2) is 12.0. The topological polar surface area (TPSA) is 224 Å². The number of nitrogens with one attached hydrogen (secondary N) is 2. The van der Waals surface area contributed by atoms with E-state index in [1.807, 2.05) is 10.9 Å². The van der Waals surface area contributed by atoms with Gasteiger partial charge in [0.1, 0.15) is 33.8 Å². The first-order chi connectivity index (χ1) is 19.8. The molecule has 0 spiro atoms. The Hall–Kier alpha value is -4.76. The van der Waals surface area contributed by atoms with Crippen LogP contribution in [0.3, 0.4) is 0 Å². The van der Waals surface area contributed by atoms with Crippen molar-refractivity contribution in [1.82, 2.24) is 10.9 Å². The molecule has 0 radical (unpaired) electrons. The van der Waals surface area contributed by atoms with Crippen LogP contribution in [0, 0.1) is 0 Å². The Morgan fingerprint density at radius 1 is 0.738 bits per heavy atom. The molecule has 218 valence electrons. The maximum atomic E-state index is 12.4. The number of benzene rings is 2. The third kappa shape index (κ3) is 5.96. The van der Waals surface area contributed by atoms with Gasteiger partial charge in [0, 0.05) is 10.0 Å². The van der Waals surface area contributed by atoms with Gasteiger partial charge in [-0.2, -0.15) is 10.2 Å². The molecule has 0 fully saturated rings. The Bertz CT molecular complexity index is 1790. The molecular weight excluding hydrogens is 599 g/mol. The van der Waals surface area contributed by atoms with E-state index in [0.717, 1.165) is 0 Å². The number of aliphatic hydroxyl groups excluding tert-OH is 2. The van der Waals surface area contributed by atoms with Gasteiger partial charge < -0.3 is 29.3 Å². The molecule has 42 heavy (non-hydrogen) atoms. The predicted octanol–water partition coefficient (Wildman–Crippen LogP) is 1.72. The van der Waals surface area contributed by atoms with Crippen LogP contribution in [-0.4, -0.2) is 55.9 Å². The number of amides is 2. The number of halogens is 2. The number of aliphatic hydroxyl groups is 2. The zero-order valence-electron chi connectivity index (χ0n) is 21.5. The van der Waals surface area contributed by atoms with Crippen molar-refractivity contribution in [2.45, 2.75) is 26.1 Å². The molecule has 4 aromatic rings. The summed E-state index contributed by atoms with van der Waals surface area (Å²) in [7, 11) is 0. The summed E-state index contributed by atoms with van der Waals surface area (Å²) >= 11 is 11.8. The number of hydrazone groups is 2. The highest BCUT2D eigenvalue weighted by Gasteiger charge is 2.31. The number of fused-ring (bicyclic) bond motifs is 2. The summed E-state index contributed by atoms with van der Waals surface area (Å²) in [6.07, 6.45) is -4.75. The van der Waals surface area contributed by atoms with Gasteiger partial charge in [-0.1, -0.05) is 23.2 Å². The van der Waals surface area contributed by atoms with Crippen LogP contribution in [0.2, 0.25) is 10.0 Å². The second-order valence-electron chi connectivity index (χ2n) is 8.74. The van der Waals surface area contributed by atoms with Crippen molar-refractivity contribution in [2.24, 2.45) is 10.2 Å². The van der Waals surface area contributed by atoms with E-state index in [-0.39, 0.29) is 43.4 Å². The summed E-state index contributed by atoms with van der Waals surface area (Å²) in [5.74, 6) is -3.78. The van der Waals surface area contributed by atoms with Gasteiger partial charge in [-0.15, -0.1) is 0 Å². The van der Waals surface area contributed by atoms with Gasteiger partial charge in [0.15, 0.2) is 12.2 Å². The van der Waals surface area contributed by atoms with Gasteiger partial charge in [0.25, 0.3) is 11.8 Å². The summed E-state index contributed by atoms with van der Waals surface area (Å²) < 4.78 is 10.2. The fourth-order valence-corrected chi connectivity index (χ4v) is 4.11. The van der Waals surface area contributed by atoms with E-state index in [0.29, 0.717) is 0 Å². The molecule has 2 unspecified atom stereocenters. The first-order valence-corrected chi connectivity index (χ1v) is 12.5. The molecule has 4 rings (SSSR count). The zero-order valence-corrected chi connectivity index (χ0v) is 23.0. The molecule has 0 aliphatic rings. The minimum atomic E-state index is -2.38. The molecule has 14 nitrogen and oxygen atoms in total. The Labute approximate surface area is 244 Å². The Balaban J connectivity index is 1.47. The van der Waals surface area contributed by atoms with Gasteiger partial charge in [-0.3, -0.25) is 9.59 Å². The SMILES string of the molecule is C/C(=N\NC(=O)C(O)C(O)C(=O)N/N=C(\C)c1c(O)c2cc(Cl)ccc2oc1=O)c1c(O)c2cc(Cl)ccc2oc1=O. The van der Waals surface area contributed by atoms with Crippen LogP contribution in [0.5, 0.6) is 11.5 Å². The third-order valence-electron chi connectivity index (χ3n) is 5.91. The van der Waals surface area contributed by atoms with E-state index in [1.54, 1.807) is 0 Å². The Morgan fingerprint density at radius 3 is 1.45 bits per heavy atom. The van der Waals surface area contributed by atoms with E-state index < -0.39 is 57.9 Å². The van der Waals surface area contributed by atoms with Crippen LogP contribution in [0.4, 0.5) is 0 Å². The molecular formula is C26H20Cl2N4O10. The Kier molecular flexibility index (Phi) is 8.63. The quantitative estimate of drug-likeness (QED) is 0.0998. The molecule has 2 atom stereocenters. The molecule has 2 amide bonds. The highest BCUT2D eigenvalue weighted by atomic mass is 35.5. The van der Waals surface area contributed by atoms with Crippen LogP contribution in [0.1, 0.15) is 25.0 Å². The highest BCUT2D eigenvalue weighted by Crippen LogP contribution is 2.30. The minimum absolute atomic E-state index is 0.0473. The Morgan fingerprint density at radius 2 is 1.10 bits per heavy atom. The zero-order chi connectivity index (χ0) is 30.9. The summed E-state index contributed by atoms with van der Waals surface area (Å²) in [5, 5.41) is 49.3. The summed E-state index contributed by atoms with van der Waals surface area (Å²) in [6.45, 7) is 2.48. The number of carbonyl (C=O) groups excluding carboxylic acids is 2. The largest absolute Gasteiger partial charge is 0.506 e. The monoisotopic (exact) mass is 618 g/mol. The van der Waals surface area contributed by atoms with E-state index >= 15 is 0 Å². The fourth-order valence-electron chi connectivity index (χ4n) is 3.76. The lowest BCUT2D eigenvalue weighted by Crippen LogP contribution is -2.48. The van der Waals surface area contributed by atoms with Gasteiger partial charge in [0.05, 0.1) is 22.2 Å². The minimum Gasteiger partial charge on any atom is -0.506 e. The lowest BCUT2D eigenvalue weighted by Gasteiger charge is -2.15. The summed E-state index contributed by atoms with van der Waals surface area (Å²) in [4.78, 5) is 49.4. The number of nitrogens with zero attached hydrogens (tertiary/aromatic N) is 2. The fraction of sp³-hybridized carbons (Fsp3) is 0.154. The van der Waals surface area contributed by atoms with Gasteiger partial charge in [-0.25, -0.2) is 20.4 Å². The first kappa shape index (κ1) is 30.2. The van der Waals surface area contributed by atoms with Crippen LogP contribution >= 0.6 is 23.2 Å². The third-order valence-corrected chi connectivity index (χ3v) is 6.38. The first-order valence-electron chi connectivity index (χ1n) is 11.8. The molecule has 2 aromatic carbocycles. The number of hydrogen-bond acceptors (Lipinski definition) is 12. The average molecular weight is 619 g/mol. The van der Waals surface area contributed by atoms with E-state index in [9.17, 15) is 39.6 Å². The highest BCUT2D eigenvalue weighted by molar-refractivity contribution is 6.31. The molecule has 0 aliphatic heterocycles.